The predicted octanol–water partition coefficient (Wildman–Crippen LogP) is 0.227. The van der Waals surface area contributed by atoms with Crippen molar-refractivity contribution in [3.63, 3.8) is 0 Å². The first kappa shape index (κ1) is 14.5. The first-order valence-corrected chi connectivity index (χ1v) is 7.56. The fourth-order valence-corrected chi connectivity index (χ4v) is 3.02. The van der Waals surface area contributed by atoms with Crippen molar-refractivity contribution in [1.82, 2.24) is 19.5 Å². The lowest BCUT2D eigenvalue weighted by atomic mass is 10.2. The molecule has 1 heterocycles. The Balaban J connectivity index is 2.06. The van der Waals surface area contributed by atoms with E-state index in [0.29, 0.717) is 12.1 Å². The Morgan fingerprint density at radius 2 is 2.10 bits per heavy atom. The Kier molecular flexibility index (Phi) is 4.05. The lowest BCUT2D eigenvalue weighted by Gasteiger charge is -2.08. The molecule has 8 heteroatoms. The van der Waals surface area contributed by atoms with Crippen LogP contribution < -0.4 is 10.5 Å². The van der Waals surface area contributed by atoms with E-state index in [1.165, 1.54) is 6.07 Å². The highest BCUT2D eigenvalue weighted by Gasteiger charge is 2.14. The molecule has 0 saturated carbocycles. The molecule has 2 rings (SSSR count). The Hall–Kier alpha value is -1.93. The van der Waals surface area contributed by atoms with Crippen molar-refractivity contribution < 1.29 is 8.42 Å². The van der Waals surface area contributed by atoms with Crippen molar-refractivity contribution in [2.75, 3.05) is 12.3 Å². The van der Waals surface area contributed by atoms with Crippen LogP contribution in [0.15, 0.2) is 29.4 Å². The molecule has 2 aromatic rings. The zero-order valence-electron chi connectivity index (χ0n) is 11.4. The summed E-state index contributed by atoms with van der Waals surface area (Å²) < 4.78 is 28.6. The first-order chi connectivity index (χ1) is 9.38. The van der Waals surface area contributed by atoms with Gasteiger partial charge in [0, 0.05) is 25.7 Å². The Morgan fingerprint density at radius 3 is 2.70 bits per heavy atom. The number of hydrogen-bond acceptors (Lipinski definition) is 5. The van der Waals surface area contributed by atoms with Gasteiger partial charge in [-0.3, -0.25) is 0 Å². The van der Waals surface area contributed by atoms with Crippen LogP contribution in [0.5, 0.6) is 0 Å². The maximum absolute atomic E-state index is 12.1. The van der Waals surface area contributed by atoms with Crippen LogP contribution in [0.1, 0.15) is 11.4 Å². The van der Waals surface area contributed by atoms with Gasteiger partial charge in [0.1, 0.15) is 12.2 Å². The quantitative estimate of drug-likeness (QED) is 0.768. The molecule has 0 aliphatic rings. The zero-order chi connectivity index (χ0) is 14.8. The summed E-state index contributed by atoms with van der Waals surface area (Å²) in [5, 5.41) is 7.63. The lowest BCUT2D eigenvalue weighted by Crippen LogP contribution is -2.26. The number of hydrogen-bond donors (Lipinski definition) is 2. The molecule has 0 aliphatic carbocycles. The number of nitrogen functional groups attached to an aromatic ring is 1. The van der Waals surface area contributed by atoms with Gasteiger partial charge in [-0.2, -0.15) is 0 Å². The number of nitrogens with one attached hydrogen (secondary N) is 1. The number of benzene rings is 1. The van der Waals surface area contributed by atoms with Gasteiger partial charge < -0.3 is 10.3 Å². The third-order valence-corrected chi connectivity index (χ3v) is 4.27. The summed E-state index contributed by atoms with van der Waals surface area (Å²) in [6.45, 7) is 2.05. The summed E-state index contributed by atoms with van der Waals surface area (Å²) in [7, 11) is -1.75. The molecular formula is C12H17N5O2S. The highest BCUT2D eigenvalue weighted by Crippen LogP contribution is 2.15. The van der Waals surface area contributed by atoms with Gasteiger partial charge in [-0.25, -0.2) is 13.1 Å². The van der Waals surface area contributed by atoms with Crippen molar-refractivity contribution in [3.8, 4) is 0 Å². The third-order valence-electron chi connectivity index (χ3n) is 2.83. The highest BCUT2D eigenvalue weighted by atomic mass is 32.2. The maximum Gasteiger partial charge on any atom is 0.240 e. The van der Waals surface area contributed by atoms with E-state index in [4.69, 9.17) is 5.73 Å². The molecule has 0 fully saturated rings. The molecule has 7 nitrogen and oxygen atoms in total. The molecule has 108 valence electrons. The van der Waals surface area contributed by atoms with E-state index in [2.05, 4.69) is 14.9 Å². The van der Waals surface area contributed by atoms with Gasteiger partial charge in [0.05, 0.1) is 4.90 Å². The highest BCUT2D eigenvalue weighted by molar-refractivity contribution is 7.89. The summed E-state index contributed by atoms with van der Waals surface area (Å²) >= 11 is 0. The second kappa shape index (κ2) is 5.59. The largest absolute Gasteiger partial charge is 0.399 e. The average Bonchev–Trinajstić information content (AvgIpc) is 2.74. The van der Waals surface area contributed by atoms with Crippen molar-refractivity contribution in [1.29, 1.82) is 0 Å². The number of rotatable bonds is 5. The molecule has 0 aliphatic heterocycles. The van der Waals surface area contributed by atoms with Crippen LogP contribution in [-0.4, -0.2) is 29.7 Å². The minimum Gasteiger partial charge on any atom is -0.399 e. The number of nitrogens with zero attached hydrogens (tertiary/aromatic N) is 3. The fraction of sp³-hybridized carbons (Fsp3) is 0.333. The monoisotopic (exact) mass is 295 g/mol. The van der Waals surface area contributed by atoms with E-state index in [9.17, 15) is 8.42 Å². The molecule has 1 aromatic heterocycles. The van der Waals surface area contributed by atoms with E-state index >= 15 is 0 Å². The van der Waals surface area contributed by atoms with Crippen molar-refractivity contribution in [2.45, 2.75) is 18.2 Å². The SMILES string of the molecule is Cc1cc(N)cc(S(=O)(=O)NCCc2nncn2C)c1. The summed E-state index contributed by atoms with van der Waals surface area (Å²) in [5.74, 6) is 0.719. The van der Waals surface area contributed by atoms with Gasteiger partial charge in [-0.05, 0) is 30.7 Å². The molecule has 0 spiro atoms. The lowest BCUT2D eigenvalue weighted by molar-refractivity contribution is 0.580. The summed E-state index contributed by atoms with van der Waals surface area (Å²) in [5.41, 5.74) is 6.90. The number of aryl methyl sites for hydroxylation is 2. The fourth-order valence-electron chi connectivity index (χ4n) is 1.85. The van der Waals surface area contributed by atoms with E-state index in [0.717, 1.165) is 11.4 Å². The Labute approximate surface area is 117 Å². The van der Waals surface area contributed by atoms with Crippen LogP contribution in [0.2, 0.25) is 0 Å². The molecule has 0 unspecified atom stereocenters. The van der Waals surface area contributed by atoms with Gasteiger partial charge in [-0.1, -0.05) is 0 Å². The van der Waals surface area contributed by atoms with Crippen LogP contribution in [0.4, 0.5) is 5.69 Å². The molecule has 0 radical (unpaired) electrons. The second-order valence-corrected chi connectivity index (χ2v) is 6.35. The number of anilines is 1. The normalized spacial score (nSPS) is 11.7. The third kappa shape index (κ3) is 3.34. The number of aromatic nitrogens is 3. The van der Waals surface area contributed by atoms with Gasteiger partial charge in [0.25, 0.3) is 0 Å². The summed E-state index contributed by atoms with van der Waals surface area (Å²) in [4.78, 5) is 0.174. The molecule has 0 bridgehead atoms. The number of sulfonamides is 1. The van der Waals surface area contributed by atoms with Crippen LogP contribution in [0.3, 0.4) is 0 Å². The first-order valence-electron chi connectivity index (χ1n) is 6.08. The molecule has 0 amide bonds. The van der Waals surface area contributed by atoms with Gasteiger partial charge >= 0.3 is 0 Å². The molecule has 20 heavy (non-hydrogen) atoms. The predicted molar refractivity (Wildman–Crippen MR) is 75.5 cm³/mol. The smallest absolute Gasteiger partial charge is 0.240 e. The van der Waals surface area contributed by atoms with E-state index in [-0.39, 0.29) is 11.4 Å². The Bertz CT molecular complexity index is 688. The topological polar surface area (TPSA) is 103 Å². The van der Waals surface area contributed by atoms with Crippen molar-refractivity contribution >= 4 is 15.7 Å². The molecule has 0 atom stereocenters. The second-order valence-electron chi connectivity index (χ2n) is 4.59. The molecule has 1 aromatic carbocycles. The van der Waals surface area contributed by atoms with E-state index < -0.39 is 10.0 Å². The molecule has 0 saturated heterocycles. The minimum atomic E-state index is -3.56. The van der Waals surface area contributed by atoms with Crippen molar-refractivity contribution in [2.24, 2.45) is 7.05 Å². The van der Waals surface area contributed by atoms with E-state index in [1.54, 1.807) is 30.0 Å². The van der Waals surface area contributed by atoms with Gasteiger partial charge in [-0.15, -0.1) is 10.2 Å². The minimum absolute atomic E-state index is 0.174. The van der Waals surface area contributed by atoms with Crippen LogP contribution in [-0.2, 0) is 23.5 Å². The summed E-state index contributed by atoms with van der Waals surface area (Å²) in [6.07, 6.45) is 2.04. The van der Waals surface area contributed by atoms with E-state index in [1.807, 2.05) is 7.05 Å². The van der Waals surface area contributed by atoms with Crippen LogP contribution in [0, 0.1) is 6.92 Å². The van der Waals surface area contributed by atoms with Crippen LogP contribution >= 0.6 is 0 Å². The Morgan fingerprint density at radius 1 is 1.35 bits per heavy atom. The zero-order valence-corrected chi connectivity index (χ0v) is 12.2. The van der Waals surface area contributed by atoms with Gasteiger partial charge in [0.15, 0.2) is 0 Å². The maximum atomic E-state index is 12.1. The van der Waals surface area contributed by atoms with Crippen LogP contribution in [0.25, 0.3) is 0 Å². The molecule has 3 N–H and O–H groups in total. The van der Waals surface area contributed by atoms with Crippen molar-refractivity contribution in [3.05, 3.63) is 35.9 Å². The standard InChI is InChI=1S/C12H17N5O2S/c1-9-5-10(13)7-11(6-9)20(18,19)15-4-3-12-16-14-8-17(12)2/h5-8,15H,3-4,13H2,1-2H3. The van der Waals surface area contributed by atoms with Gasteiger partial charge in [0.2, 0.25) is 10.0 Å². The molecular weight excluding hydrogens is 278 g/mol. The number of nitrogens with two attached hydrogens (primary N) is 1. The average molecular weight is 295 g/mol. The summed E-state index contributed by atoms with van der Waals surface area (Å²) in [6, 6.07) is 4.75.